The Morgan fingerprint density at radius 1 is 1.42 bits per heavy atom. The number of halogens is 1. The number of Topliss-reactive ketones (excluding diaryl/α,β-unsaturated/α-hetero) is 1. The van der Waals surface area contributed by atoms with Gasteiger partial charge in [-0.25, -0.2) is 5.01 Å². The van der Waals surface area contributed by atoms with Gasteiger partial charge in [0.2, 0.25) is 0 Å². The maximum Gasteiger partial charge on any atom is 0.135 e. The Hall–Kier alpha value is -1.75. The summed E-state index contributed by atoms with van der Waals surface area (Å²) in [6.07, 6.45) is 0.537. The third-order valence-electron chi connectivity index (χ3n) is 2.66. The summed E-state index contributed by atoms with van der Waals surface area (Å²) in [5.41, 5.74) is 7.70. The zero-order valence-electron chi connectivity index (χ0n) is 11.0. The number of hydrogen-bond donors (Lipinski definition) is 2. The van der Waals surface area contributed by atoms with Crippen LogP contribution in [0.4, 0.5) is 5.69 Å². The lowest BCUT2D eigenvalue weighted by Gasteiger charge is -2.18. The van der Waals surface area contributed by atoms with Crippen molar-refractivity contribution in [3.8, 4) is 0 Å². The van der Waals surface area contributed by atoms with Crippen LogP contribution in [0.15, 0.2) is 29.5 Å². The molecule has 0 unspecified atom stereocenters. The van der Waals surface area contributed by atoms with Gasteiger partial charge in [-0.3, -0.25) is 10.2 Å². The minimum Gasteiger partial charge on any atom is -0.299 e. The Kier molecular flexibility index (Phi) is 5.63. The second-order valence-corrected chi connectivity index (χ2v) is 4.90. The fraction of sp³-hybridized carbons (Fsp3) is 0.385. The van der Waals surface area contributed by atoms with Crippen molar-refractivity contribution in [1.29, 1.82) is 10.9 Å². The highest BCUT2D eigenvalue weighted by Gasteiger charge is 2.15. The van der Waals surface area contributed by atoms with Gasteiger partial charge >= 0.3 is 0 Å². The quantitative estimate of drug-likeness (QED) is 0.356. The van der Waals surface area contributed by atoms with E-state index in [-0.39, 0.29) is 30.4 Å². The Labute approximate surface area is 117 Å². The second-order valence-electron chi connectivity index (χ2n) is 4.46. The Balaban J connectivity index is 2.73. The van der Waals surface area contributed by atoms with E-state index in [0.29, 0.717) is 10.7 Å². The molecule has 0 saturated carbocycles. The molecule has 0 spiro atoms. The third-order valence-corrected chi connectivity index (χ3v) is 2.90. The molecule has 0 fully saturated rings. The molecule has 0 aliphatic heterocycles. The molecule has 0 amide bonds. The SMILES string of the molecule is CC(C)C(=O)CCC(=N)N(N=N)c1cccc(Cl)c1. The van der Waals surface area contributed by atoms with E-state index in [0.717, 1.165) is 0 Å². The molecule has 1 rings (SSSR count). The predicted octanol–water partition coefficient (Wildman–Crippen LogP) is 4.07. The molecule has 19 heavy (non-hydrogen) atoms. The van der Waals surface area contributed by atoms with Gasteiger partial charge in [0.05, 0.1) is 5.69 Å². The van der Waals surface area contributed by atoms with Crippen LogP contribution in [-0.4, -0.2) is 11.6 Å². The van der Waals surface area contributed by atoms with Crippen LogP contribution in [0.2, 0.25) is 5.02 Å². The van der Waals surface area contributed by atoms with E-state index in [9.17, 15) is 4.79 Å². The molecule has 0 bridgehead atoms. The van der Waals surface area contributed by atoms with E-state index in [1.54, 1.807) is 24.3 Å². The van der Waals surface area contributed by atoms with Gasteiger partial charge in [-0.05, 0) is 18.2 Å². The van der Waals surface area contributed by atoms with Crippen LogP contribution < -0.4 is 5.01 Å². The Morgan fingerprint density at radius 2 is 2.11 bits per heavy atom. The first kappa shape index (κ1) is 15.3. The van der Waals surface area contributed by atoms with Gasteiger partial charge in [0, 0.05) is 23.8 Å². The van der Waals surface area contributed by atoms with Crippen molar-refractivity contribution >= 4 is 28.9 Å². The molecule has 0 aliphatic rings. The molecule has 102 valence electrons. The first-order chi connectivity index (χ1) is 8.95. The van der Waals surface area contributed by atoms with Crippen LogP contribution >= 0.6 is 11.6 Å². The first-order valence-electron chi connectivity index (χ1n) is 5.99. The highest BCUT2D eigenvalue weighted by molar-refractivity contribution is 6.30. The van der Waals surface area contributed by atoms with Crippen molar-refractivity contribution < 1.29 is 4.79 Å². The number of carbonyl (C=O) groups excluding carboxylic acids is 1. The molecule has 5 nitrogen and oxygen atoms in total. The van der Waals surface area contributed by atoms with Crippen molar-refractivity contribution in [3.05, 3.63) is 29.3 Å². The number of carbonyl (C=O) groups is 1. The number of hydrogen-bond acceptors (Lipinski definition) is 4. The molecule has 0 saturated heterocycles. The lowest BCUT2D eigenvalue weighted by molar-refractivity contribution is -0.121. The van der Waals surface area contributed by atoms with Crippen LogP contribution in [0, 0.1) is 16.9 Å². The van der Waals surface area contributed by atoms with Crippen molar-refractivity contribution in [1.82, 2.24) is 0 Å². The van der Waals surface area contributed by atoms with Gasteiger partial charge in [-0.1, -0.05) is 36.7 Å². The average molecular weight is 281 g/mol. The number of nitrogens with one attached hydrogen (secondary N) is 2. The first-order valence-corrected chi connectivity index (χ1v) is 6.36. The largest absolute Gasteiger partial charge is 0.299 e. The lowest BCUT2D eigenvalue weighted by atomic mass is 10.0. The molecule has 2 N–H and O–H groups in total. The molecule has 0 radical (unpaired) electrons. The molecule has 1 aromatic rings. The van der Waals surface area contributed by atoms with E-state index in [2.05, 4.69) is 5.22 Å². The molecule has 0 atom stereocenters. The molecule has 0 aliphatic carbocycles. The molecule has 0 heterocycles. The van der Waals surface area contributed by atoms with Crippen LogP contribution in [0.1, 0.15) is 26.7 Å². The van der Waals surface area contributed by atoms with Crippen molar-refractivity contribution in [2.75, 3.05) is 5.01 Å². The van der Waals surface area contributed by atoms with E-state index < -0.39 is 0 Å². The molecule has 1 aromatic carbocycles. The van der Waals surface area contributed by atoms with Gasteiger partial charge < -0.3 is 0 Å². The molecular formula is C13H17ClN4O. The Bertz CT molecular complexity index is 487. The van der Waals surface area contributed by atoms with Crippen molar-refractivity contribution in [2.45, 2.75) is 26.7 Å². The van der Waals surface area contributed by atoms with Crippen LogP contribution in [0.25, 0.3) is 0 Å². The summed E-state index contributed by atoms with van der Waals surface area (Å²) in [6, 6.07) is 6.77. The summed E-state index contributed by atoms with van der Waals surface area (Å²) in [5.74, 6) is 0.160. The second kappa shape index (κ2) is 6.99. The number of amidine groups is 1. The molecule has 6 heteroatoms. The van der Waals surface area contributed by atoms with E-state index in [4.69, 9.17) is 22.5 Å². The minimum atomic E-state index is -0.0413. The smallest absolute Gasteiger partial charge is 0.135 e. The fourth-order valence-electron chi connectivity index (χ4n) is 1.52. The summed E-state index contributed by atoms with van der Waals surface area (Å²) in [4.78, 5) is 11.5. The maximum atomic E-state index is 11.5. The summed E-state index contributed by atoms with van der Waals surface area (Å²) in [7, 11) is 0. The minimum absolute atomic E-state index is 0.0413. The van der Waals surface area contributed by atoms with Gasteiger partial charge in [0.25, 0.3) is 0 Å². The lowest BCUT2D eigenvalue weighted by Crippen LogP contribution is -2.25. The monoisotopic (exact) mass is 280 g/mol. The number of nitrogens with zero attached hydrogens (tertiary/aromatic N) is 2. The highest BCUT2D eigenvalue weighted by Crippen LogP contribution is 2.21. The number of benzene rings is 1. The van der Waals surface area contributed by atoms with E-state index >= 15 is 0 Å². The van der Waals surface area contributed by atoms with Crippen LogP contribution in [0.5, 0.6) is 0 Å². The van der Waals surface area contributed by atoms with Gasteiger partial charge in [-0.15, -0.1) is 0 Å². The van der Waals surface area contributed by atoms with Crippen molar-refractivity contribution in [2.24, 2.45) is 11.1 Å². The Morgan fingerprint density at radius 3 is 2.63 bits per heavy atom. The molecular weight excluding hydrogens is 264 g/mol. The normalized spacial score (nSPS) is 10.3. The maximum absolute atomic E-state index is 11.5. The topological polar surface area (TPSA) is 80.4 Å². The van der Waals surface area contributed by atoms with Gasteiger partial charge in [0.15, 0.2) is 0 Å². The zero-order valence-corrected chi connectivity index (χ0v) is 11.7. The number of rotatable bonds is 6. The molecule has 0 aromatic heterocycles. The van der Waals surface area contributed by atoms with E-state index in [1.165, 1.54) is 5.01 Å². The third kappa shape index (κ3) is 4.44. The summed E-state index contributed by atoms with van der Waals surface area (Å²) in [6.45, 7) is 3.66. The van der Waals surface area contributed by atoms with Crippen LogP contribution in [-0.2, 0) is 4.79 Å². The standard InChI is InChI=1S/C13H17ClN4O/c1-9(2)12(19)6-7-13(15)18(17-16)11-5-3-4-10(14)8-11/h3-5,8-9,15-16H,6-7H2,1-2H3. The summed E-state index contributed by atoms with van der Waals surface area (Å²) in [5, 5.41) is 12.9. The summed E-state index contributed by atoms with van der Waals surface area (Å²) >= 11 is 5.87. The highest BCUT2D eigenvalue weighted by atomic mass is 35.5. The van der Waals surface area contributed by atoms with E-state index in [1.807, 2.05) is 13.8 Å². The average Bonchev–Trinajstić information content (AvgIpc) is 2.36. The summed E-state index contributed by atoms with van der Waals surface area (Å²) < 4.78 is 0. The number of ketones is 1. The van der Waals surface area contributed by atoms with Gasteiger partial charge in [0.1, 0.15) is 11.6 Å². The number of anilines is 1. The van der Waals surface area contributed by atoms with Crippen molar-refractivity contribution in [3.63, 3.8) is 0 Å². The van der Waals surface area contributed by atoms with Gasteiger partial charge in [-0.2, -0.15) is 5.53 Å². The fourth-order valence-corrected chi connectivity index (χ4v) is 1.70. The predicted molar refractivity (Wildman–Crippen MR) is 75.9 cm³/mol. The van der Waals surface area contributed by atoms with Crippen LogP contribution in [0.3, 0.4) is 0 Å². The zero-order chi connectivity index (χ0) is 14.4.